The molecule has 23 heavy (non-hydrogen) atoms. The Morgan fingerprint density at radius 2 is 2.00 bits per heavy atom. The Balaban J connectivity index is 1.86. The molecule has 0 aliphatic heterocycles. The number of amides is 1. The molecule has 0 atom stereocenters. The van der Waals surface area contributed by atoms with E-state index in [9.17, 15) is 13.2 Å². The number of rotatable bonds is 7. The van der Waals surface area contributed by atoms with Crippen molar-refractivity contribution < 1.29 is 13.2 Å². The van der Waals surface area contributed by atoms with Gasteiger partial charge in [0.05, 0.1) is 6.26 Å². The van der Waals surface area contributed by atoms with Gasteiger partial charge in [0.25, 0.3) is 0 Å². The van der Waals surface area contributed by atoms with E-state index in [1.54, 1.807) is 6.08 Å². The third-order valence-corrected chi connectivity index (χ3v) is 4.09. The van der Waals surface area contributed by atoms with Crippen LogP contribution in [0.15, 0.2) is 36.5 Å². The second-order valence-corrected chi connectivity index (χ2v) is 7.19. The number of nitrogens with zero attached hydrogens (tertiary/aromatic N) is 1. The molecule has 2 N–H and O–H groups in total. The van der Waals surface area contributed by atoms with Gasteiger partial charge < -0.3 is 9.88 Å². The van der Waals surface area contributed by atoms with Crippen LogP contribution in [0.25, 0.3) is 17.0 Å². The van der Waals surface area contributed by atoms with Crippen molar-refractivity contribution in [1.82, 2.24) is 14.6 Å². The maximum absolute atomic E-state index is 11.8. The summed E-state index contributed by atoms with van der Waals surface area (Å²) in [4.78, 5) is 11.8. The molecule has 0 unspecified atom stereocenters. The number of aryl methyl sites for hydroxylation is 1. The van der Waals surface area contributed by atoms with Gasteiger partial charge in [0.2, 0.25) is 15.9 Å². The Hall–Kier alpha value is -2.12. The fourth-order valence-corrected chi connectivity index (χ4v) is 2.80. The highest BCUT2D eigenvalue weighted by atomic mass is 32.2. The van der Waals surface area contributed by atoms with E-state index in [4.69, 9.17) is 0 Å². The first-order valence-corrected chi connectivity index (χ1v) is 9.20. The Kier molecular flexibility index (Phi) is 5.57. The molecule has 0 saturated carbocycles. The van der Waals surface area contributed by atoms with Crippen LogP contribution >= 0.6 is 0 Å². The number of sulfonamides is 1. The first-order chi connectivity index (χ1) is 10.9. The van der Waals surface area contributed by atoms with Crippen LogP contribution in [0, 0.1) is 0 Å². The van der Waals surface area contributed by atoms with Crippen molar-refractivity contribution >= 4 is 32.9 Å². The summed E-state index contributed by atoms with van der Waals surface area (Å²) in [5.74, 6) is -0.197. The van der Waals surface area contributed by atoms with Crippen LogP contribution in [0.5, 0.6) is 0 Å². The standard InChI is InChI=1S/C16H21N3O3S/c1-19-12-13(14-6-3-4-7-15(14)19)8-9-16(20)17-10-5-11-18-23(2,21)22/h3-4,6-9,12,18H,5,10-11H2,1-2H3,(H,17,20)/b9-8-. The first-order valence-electron chi connectivity index (χ1n) is 7.31. The molecular formula is C16H21N3O3S. The molecular weight excluding hydrogens is 314 g/mol. The van der Waals surface area contributed by atoms with Crippen LogP contribution in [-0.2, 0) is 21.9 Å². The van der Waals surface area contributed by atoms with Crippen molar-refractivity contribution in [2.45, 2.75) is 6.42 Å². The highest BCUT2D eigenvalue weighted by molar-refractivity contribution is 7.88. The summed E-state index contributed by atoms with van der Waals surface area (Å²) in [6.07, 6.45) is 6.90. The van der Waals surface area contributed by atoms with Gasteiger partial charge in [-0.05, 0) is 18.6 Å². The molecule has 0 aliphatic rings. The molecule has 2 aromatic rings. The number of aromatic nitrogens is 1. The lowest BCUT2D eigenvalue weighted by atomic mass is 10.1. The summed E-state index contributed by atoms with van der Waals surface area (Å²) in [7, 11) is -1.20. The van der Waals surface area contributed by atoms with Crippen LogP contribution in [-0.4, -0.2) is 38.2 Å². The van der Waals surface area contributed by atoms with E-state index in [0.29, 0.717) is 19.5 Å². The SMILES string of the molecule is Cn1cc(/C=C\C(=O)NCCCNS(C)(=O)=O)c2ccccc21. The molecule has 0 saturated heterocycles. The maximum atomic E-state index is 11.8. The number of hydrogen-bond acceptors (Lipinski definition) is 3. The molecule has 124 valence electrons. The second-order valence-electron chi connectivity index (χ2n) is 5.36. The van der Waals surface area contributed by atoms with Crippen molar-refractivity contribution in [3.05, 3.63) is 42.1 Å². The minimum atomic E-state index is -3.17. The molecule has 1 aromatic carbocycles. The maximum Gasteiger partial charge on any atom is 0.244 e. The van der Waals surface area contributed by atoms with Crippen molar-refractivity contribution in [2.75, 3.05) is 19.3 Å². The molecule has 1 aromatic heterocycles. The first kappa shape index (κ1) is 17.2. The van der Waals surface area contributed by atoms with Crippen molar-refractivity contribution in [3.63, 3.8) is 0 Å². The zero-order valence-electron chi connectivity index (χ0n) is 13.2. The fourth-order valence-electron chi connectivity index (χ4n) is 2.29. The number of carbonyl (C=O) groups is 1. The molecule has 0 bridgehead atoms. The van der Waals surface area contributed by atoms with E-state index >= 15 is 0 Å². The van der Waals surface area contributed by atoms with Gasteiger partial charge in [-0.25, -0.2) is 13.1 Å². The van der Waals surface area contributed by atoms with Gasteiger partial charge >= 0.3 is 0 Å². The van der Waals surface area contributed by atoms with Crippen LogP contribution in [0.2, 0.25) is 0 Å². The predicted molar refractivity (Wildman–Crippen MR) is 92.4 cm³/mol. The lowest BCUT2D eigenvalue weighted by molar-refractivity contribution is -0.116. The van der Waals surface area contributed by atoms with Gasteiger partial charge in [-0.15, -0.1) is 0 Å². The molecule has 0 fully saturated rings. The van der Waals surface area contributed by atoms with Crippen molar-refractivity contribution in [3.8, 4) is 0 Å². The molecule has 7 heteroatoms. The molecule has 0 spiro atoms. The highest BCUT2D eigenvalue weighted by Crippen LogP contribution is 2.21. The number of benzene rings is 1. The average molecular weight is 335 g/mol. The summed E-state index contributed by atoms with van der Waals surface area (Å²) in [6, 6.07) is 7.99. The van der Waals surface area contributed by atoms with Gasteiger partial charge in [-0.3, -0.25) is 4.79 Å². The summed E-state index contributed by atoms with van der Waals surface area (Å²) >= 11 is 0. The van der Waals surface area contributed by atoms with E-state index in [0.717, 1.165) is 22.7 Å². The van der Waals surface area contributed by atoms with E-state index < -0.39 is 10.0 Å². The number of hydrogen-bond donors (Lipinski definition) is 2. The van der Waals surface area contributed by atoms with E-state index in [2.05, 4.69) is 10.0 Å². The lowest BCUT2D eigenvalue weighted by Crippen LogP contribution is -2.28. The smallest absolute Gasteiger partial charge is 0.244 e. The predicted octanol–water partition coefficient (Wildman–Crippen LogP) is 1.25. The summed E-state index contributed by atoms with van der Waals surface area (Å²) in [6.45, 7) is 0.730. The topological polar surface area (TPSA) is 80.2 Å². The average Bonchev–Trinajstić information content (AvgIpc) is 2.81. The Bertz CT molecular complexity index is 822. The molecule has 6 nitrogen and oxygen atoms in total. The van der Waals surface area contributed by atoms with Gasteiger partial charge in [-0.1, -0.05) is 18.2 Å². The zero-order chi connectivity index (χ0) is 16.9. The third-order valence-electron chi connectivity index (χ3n) is 3.36. The lowest BCUT2D eigenvalue weighted by Gasteiger charge is -2.03. The second kappa shape index (κ2) is 7.43. The molecule has 0 aliphatic carbocycles. The Morgan fingerprint density at radius 1 is 1.26 bits per heavy atom. The quantitative estimate of drug-likeness (QED) is 0.590. The molecule has 2 rings (SSSR count). The fraction of sp³-hybridized carbons (Fsp3) is 0.312. The van der Waals surface area contributed by atoms with Gasteiger partial charge in [0.15, 0.2) is 0 Å². The molecule has 1 heterocycles. The van der Waals surface area contributed by atoms with Gasteiger partial charge in [0, 0.05) is 48.9 Å². The molecule has 1 amide bonds. The number of carbonyl (C=O) groups excluding carboxylic acids is 1. The normalized spacial score (nSPS) is 12.1. The number of nitrogens with one attached hydrogen (secondary N) is 2. The highest BCUT2D eigenvalue weighted by Gasteiger charge is 2.03. The van der Waals surface area contributed by atoms with Crippen LogP contribution in [0.1, 0.15) is 12.0 Å². The number of para-hydroxylation sites is 1. The minimum Gasteiger partial charge on any atom is -0.353 e. The minimum absolute atomic E-state index is 0.197. The van der Waals surface area contributed by atoms with Crippen molar-refractivity contribution in [1.29, 1.82) is 0 Å². The van der Waals surface area contributed by atoms with Crippen LogP contribution in [0.4, 0.5) is 0 Å². The zero-order valence-corrected chi connectivity index (χ0v) is 14.1. The van der Waals surface area contributed by atoms with Gasteiger partial charge in [0.1, 0.15) is 0 Å². The van der Waals surface area contributed by atoms with Crippen molar-refractivity contribution in [2.24, 2.45) is 7.05 Å². The summed E-state index contributed by atoms with van der Waals surface area (Å²) in [5.41, 5.74) is 2.09. The summed E-state index contributed by atoms with van der Waals surface area (Å²) in [5, 5.41) is 3.82. The third kappa shape index (κ3) is 5.22. The van der Waals surface area contributed by atoms with Crippen LogP contribution in [0.3, 0.4) is 0 Å². The Morgan fingerprint density at radius 3 is 2.74 bits per heavy atom. The monoisotopic (exact) mass is 335 g/mol. The molecule has 0 radical (unpaired) electrons. The summed E-state index contributed by atoms with van der Waals surface area (Å²) < 4.78 is 26.2. The van der Waals surface area contributed by atoms with Crippen LogP contribution < -0.4 is 10.0 Å². The van der Waals surface area contributed by atoms with Gasteiger partial charge in [-0.2, -0.15) is 0 Å². The Labute approximate surface area is 136 Å². The van der Waals surface area contributed by atoms with E-state index in [-0.39, 0.29) is 5.91 Å². The number of fused-ring (bicyclic) bond motifs is 1. The van der Waals surface area contributed by atoms with E-state index in [1.165, 1.54) is 6.08 Å². The van der Waals surface area contributed by atoms with E-state index in [1.807, 2.05) is 42.1 Å². The largest absolute Gasteiger partial charge is 0.353 e.